The molecule has 8 heteroatoms. The first-order chi connectivity index (χ1) is 12.6. The molecule has 0 saturated carbocycles. The summed E-state index contributed by atoms with van der Waals surface area (Å²) in [6.07, 6.45) is 0. The molecule has 0 saturated heterocycles. The van der Waals surface area contributed by atoms with E-state index in [1.165, 1.54) is 18.4 Å². The number of H-pyrrole nitrogens is 1. The molecule has 26 heavy (non-hydrogen) atoms. The number of carbonyl (C=O) groups excluding carboxylic acids is 1. The molecule has 0 fully saturated rings. The molecule has 4 rings (SSSR count). The lowest BCUT2D eigenvalue weighted by Crippen LogP contribution is -2.01. The van der Waals surface area contributed by atoms with Gasteiger partial charge < -0.3 is 14.5 Å². The number of aromatic nitrogens is 2. The van der Waals surface area contributed by atoms with Gasteiger partial charge in [0.1, 0.15) is 0 Å². The van der Waals surface area contributed by atoms with Crippen molar-refractivity contribution in [3.63, 3.8) is 0 Å². The molecular weight excluding hydrogens is 354 g/mol. The summed E-state index contributed by atoms with van der Waals surface area (Å²) >= 11 is 1.43. The van der Waals surface area contributed by atoms with E-state index in [2.05, 4.69) is 15.3 Å². The third kappa shape index (κ3) is 3.09. The highest BCUT2D eigenvalue weighted by Crippen LogP contribution is 2.29. The molecule has 0 aliphatic heterocycles. The number of ether oxygens (including phenoxy) is 1. The summed E-state index contributed by atoms with van der Waals surface area (Å²) < 4.78 is 9.81. The maximum absolute atomic E-state index is 11.6. The second kappa shape index (κ2) is 6.49. The van der Waals surface area contributed by atoms with Crippen LogP contribution in [-0.4, -0.2) is 23.0 Å². The fourth-order valence-electron chi connectivity index (χ4n) is 2.53. The lowest BCUT2D eigenvalue weighted by molar-refractivity contribution is 0.0601. The number of methoxy groups -OCH3 is 1. The maximum Gasteiger partial charge on any atom is 0.417 e. The Kier molecular flexibility index (Phi) is 4.02. The molecule has 2 N–H and O–H groups in total. The van der Waals surface area contributed by atoms with Crippen molar-refractivity contribution < 1.29 is 13.9 Å². The largest absolute Gasteiger partial charge is 0.465 e. The van der Waals surface area contributed by atoms with Gasteiger partial charge in [0.25, 0.3) is 0 Å². The molecule has 2 heterocycles. The number of aromatic amines is 1. The van der Waals surface area contributed by atoms with Crippen LogP contribution in [0, 0.1) is 0 Å². The van der Waals surface area contributed by atoms with Crippen LogP contribution in [-0.2, 0) is 4.74 Å². The number of nitrogens with zero attached hydrogens (tertiary/aromatic N) is 1. The van der Waals surface area contributed by atoms with Crippen molar-refractivity contribution in [1.82, 2.24) is 9.97 Å². The normalized spacial score (nSPS) is 10.8. The first-order valence-corrected chi connectivity index (χ1v) is 8.54. The number of hydrogen-bond acceptors (Lipinski definition) is 7. The first-order valence-electron chi connectivity index (χ1n) is 7.66. The smallest absolute Gasteiger partial charge is 0.417 e. The summed E-state index contributed by atoms with van der Waals surface area (Å²) in [5, 5.41) is 5.75. The van der Waals surface area contributed by atoms with Gasteiger partial charge in [-0.05, 0) is 30.3 Å². The number of carbonyl (C=O) groups is 1. The lowest BCUT2D eigenvalue weighted by atomic mass is 10.1. The van der Waals surface area contributed by atoms with E-state index in [0.29, 0.717) is 21.8 Å². The van der Waals surface area contributed by atoms with Gasteiger partial charge in [0, 0.05) is 16.6 Å². The molecule has 0 amide bonds. The number of anilines is 2. The van der Waals surface area contributed by atoms with E-state index < -0.39 is 11.7 Å². The van der Waals surface area contributed by atoms with Crippen LogP contribution in [0.4, 0.5) is 10.8 Å². The van der Waals surface area contributed by atoms with Crippen LogP contribution in [0.5, 0.6) is 0 Å². The Morgan fingerprint density at radius 1 is 1.27 bits per heavy atom. The SMILES string of the molecule is COC(=O)c1cccc(Nc2nc(-c3ccc4[nH]c(=O)oc4c3)cs2)c1. The highest BCUT2D eigenvalue weighted by molar-refractivity contribution is 7.14. The Morgan fingerprint density at radius 2 is 2.15 bits per heavy atom. The van der Waals surface area contributed by atoms with Crippen molar-refractivity contribution in [3.05, 3.63) is 64.0 Å². The third-order valence-corrected chi connectivity index (χ3v) is 4.51. The second-order valence-corrected chi connectivity index (χ2v) is 6.32. The number of hydrogen-bond donors (Lipinski definition) is 2. The van der Waals surface area contributed by atoms with Gasteiger partial charge in [0.2, 0.25) is 0 Å². The monoisotopic (exact) mass is 367 g/mol. The van der Waals surface area contributed by atoms with Crippen molar-refractivity contribution in [1.29, 1.82) is 0 Å². The standard InChI is InChI=1S/C18H13N3O4S/c1-24-16(22)11-3-2-4-12(7-11)19-17-20-14(9-26-17)10-5-6-13-15(8-10)25-18(23)21-13/h2-9H,1H3,(H,19,20)(H,21,23). The quantitative estimate of drug-likeness (QED) is 0.533. The van der Waals surface area contributed by atoms with Crippen molar-refractivity contribution in [2.75, 3.05) is 12.4 Å². The predicted octanol–water partition coefficient (Wildman–Crippen LogP) is 3.77. The summed E-state index contributed by atoms with van der Waals surface area (Å²) in [4.78, 5) is 30.0. The molecule has 0 aliphatic carbocycles. The van der Waals surface area contributed by atoms with Crippen LogP contribution in [0.3, 0.4) is 0 Å². The van der Waals surface area contributed by atoms with E-state index in [4.69, 9.17) is 9.15 Å². The van der Waals surface area contributed by atoms with Gasteiger partial charge in [-0.3, -0.25) is 4.98 Å². The molecule has 7 nitrogen and oxygen atoms in total. The summed E-state index contributed by atoms with van der Waals surface area (Å²) in [5.74, 6) is -0.877. The molecule has 0 atom stereocenters. The molecule has 130 valence electrons. The third-order valence-electron chi connectivity index (χ3n) is 3.76. The fourth-order valence-corrected chi connectivity index (χ4v) is 3.27. The number of thiazole rings is 1. The molecule has 0 unspecified atom stereocenters. The molecule has 2 aromatic carbocycles. The number of fused-ring (bicyclic) bond motifs is 1. The molecule has 0 radical (unpaired) electrons. The van der Waals surface area contributed by atoms with Gasteiger partial charge in [0.05, 0.1) is 23.9 Å². The average Bonchev–Trinajstić information content (AvgIpc) is 3.26. The lowest BCUT2D eigenvalue weighted by Gasteiger charge is -2.04. The summed E-state index contributed by atoms with van der Waals surface area (Å²) in [5.41, 5.74) is 3.93. The highest BCUT2D eigenvalue weighted by atomic mass is 32.1. The van der Waals surface area contributed by atoms with E-state index >= 15 is 0 Å². The Morgan fingerprint density at radius 3 is 3.00 bits per heavy atom. The summed E-state index contributed by atoms with van der Waals surface area (Å²) in [6, 6.07) is 12.4. The summed E-state index contributed by atoms with van der Waals surface area (Å²) in [6.45, 7) is 0. The van der Waals surface area contributed by atoms with Crippen molar-refractivity contribution in [3.8, 4) is 11.3 Å². The Bertz CT molecular complexity index is 1160. The Hall–Kier alpha value is -3.39. The first kappa shape index (κ1) is 16.1. The topological polar surface area (TPSA) is 97.2 Å². The number of esters is 1. The van der Waals surface area contributed by atoms with Crippen LogP contribution in [0.2, 0.25) is 0 Å². The molecule has 0 bridgehead atoms. The minimum absolute atomic E-state index is 0.394. The molecular formula is C18H13N3O4S. The Balaban J connectivity index is 1.59. The highest BCUT2D eigenvalue weighted by Gasteiger charge is 2.10. The molecule has 4 aromatic rings. The van der Waals surface area contributed by atoms with Crippen LogP contribution in [0.25, 0.3) is 22.4 Å². The number of benzene rings is 2. The van der Waals surface area contributed by atoms with Crippen molar-refractivity contribution in [2.24, 2.45) is 0 Å². The van der Waals surface area contributed by atoms with Gasteiger partial charge in [-0.1, -0.05) is 12.1 Å². The van der Waals surface area contributed by atoms with Crippen LogP contribution in [0.1, 0.15) is 10.4 Å². The van der Waals surface area contributed by atoms with Gasteiger partial charge >= 0.3 is 11.7 Å². The molecule has 0 spiro atoms. The van der Waals surface area contributed by atoms with E-state index in [1.54, 1.807) is 30.3 Å². The zero-order chi connectivity index (χ0) is 18.1. The van der Waals surface area contributed by atoms with E-state index in [0.717, 1.165) is 16.9 Å². The van der Waals surface area contributed by atoms with E-state index in [1.807, 2.05) is 17.5 Å². The number of rotatable bonds is 4. The van der Waals surface area contributed by atoms with Crippen molar-refractivity contribution >= 4 is 39.2 Å². The average molecular weight is 367 g/mol. The van der Waals surface area contributed by atoms with E-state index in [9.17, 15) is 9.59 Å². The minimum Gasteiger partial charge on any atom is -0.465 e. The van der Waals surface area contributed by atoms with Gasteiger partial charge in [0.15, 0.2) is 10.7 Å². The van der Waals surface area contributed by atoms with E-state index in [-0.39, 0.29) is 0 Å². The number of oxazole rings is 1. The number of nitrogens with one attached hydrogen (secondary N) is 2. The molecule has 2 aromatic heterocycles. The second-order valence-electron chi connectivity index (χ2n) is 5.46. The Labute approximate surface area is 151 Å². The van der Waals surface area contributed by atoms with Gasteiger partial charge in [-0.25, -0.2) is 14.6 Å². The predicted molar refractivity (Wildman–Crippen MR) is 99.0 cm³/mol. The van der Waals surface area contributed by atoms with Crippen LogP contribution < -0.4 is 11.1 Å². The minimum atomic E-state index is -0.483. The van der Waals surface area contributed by atoms with Crippen LogP contribution in [0.15, 0.2) is 57.1 Å². The fraction of sp³-hybridized carbons (Fsp3) is 0.0556. The van der Waals surface area contributed by atoms with Gasteiger partial charge in [-0.15, -0.1) is 11.3 Å². The van der Waals surface area contributed by atoms with Crippen LogP contribution >= 0.6 is 11.3 Å². The van der Waals surface area contributed by atoms with Gasteiger partial charge in [-0.2, -0.15) is 0 Å². The molecule has 0 aliphatic rings. The zero-order valence-corrected chi connectivity index (χ0v) is 14.4. The summed E-state index contributed by atoms with van der Waals surface area (Å²) in [7, 11) is 1.35. The zero-order valence-electron chi connectivity index (χ0n) is 13.6. The maximum atomic E-state index is 11.6. The van der Waals surface area contributed by atoms with Crippen molar-refractivity contribution in [2.45, 2.75) is 0 Å².